The third-order valence-corrected chi connectivity index (χ3v) is 12.9. The van der Waals surface area contributed by atoms with Crippen molar-refractivity contribution in [2.75, 3.05) is 13.2 Å². The molecule has 0 aromatic rings. The van der Waals surface area contributed by atoms with Crippen LogP contribution in [0, 0.1) is 0 Å². The molecule has 1 heterocycles. The lowest BCUT2D eigenvalue weighted by molar-refractivity contribution is -0.303. The van der Waals surface area contributed by atoms with Crippen LogP contribution in [0.15, 0.2) is 36.5 Å². The van der Waals surface area contributed by atoms with Crippen LogP contribution in [0.5, 0.6) is 0 Å². The number of carbonyl (C=O) groups excluding carboxylic acids is 1. The van der Waals surface area contributed by atoms with E-state index in [9.17, 15) is 40.5 Å². The average molecular weight is 924 g/mol. The minimum absolute atomic E-state index is 0.247. The van der Waals surface area contributed by atoms with Crippen LogP contribution >= 0.6 is 0 Å². The molecular weight excluding hydrogens is 823 g/mol. The van der Waals surface area contributed by atoms with E-state index in [4.69, 9.17) is 9.47 Å². The summed E-state index contributed by atoms with van der Waals surface area (Å²) in [4.78, 5) is 13.1. The van der Waals surface area contributed by atoms with Crippen LogP contribution in [0.2, 0.25) is 0 Å². The summed E-state index contributed by atoms with van der Waals surface area (Å²) in [5, 5.41) is 75.9. The van der Waals surface area contributed by atoms with E-state index in [1.54, 1.807) is 0 Å². The highest BCUT2D eigenvalue weighted by molar-refractivity contribution is 5.80. The van der Waals surface area contributed by atoms with E-state index in [-0.39, 0.29) is 12.8 Å². The molecule has 11 heteroatoms. The number of hydrogen-bond donors (Lipinski definition) is 8. The quantitative estimate of drug-likeness (QED) is 0.0216. The van der Waals surface area contributed by atoms with Crippen molar-refractivity contribution in [3.63, 3.8) is 0 Å². The molecule has 1 fully saturated rings. The maximum absolute atomic E-state index is 13.1. The standard InChI is InChI=1S/C54H101NO10/c1-3-5-7-9-11-13-15-17-19-20-21-22-23-24-25-26-27-28-30-32-34-36-38-40-42-47(58)53(63)55-45(44-64-54-52(62)51(61)50(60)48(43-56)65-54)49(59)46(57)41-39-37-35-33-31-29-18-16-14-12-10-8-6-4-2/h21-22,24-25,33,35,45-52,54,56-62H,3-20,23,26-32,34,36-44H2,1-2H3,(H,55,63)/b22-21-,25-24-,35-33+. The molecule has 1 amide bonds. The van der Waals surface area contributed by atoms with E-state index in [2.05, 4.69) is 55.6 Å². The van der Waals surface area contributed by atoms with Crippen LogP contribution in [-0.4, -0.2) is 110 Å². The molecule has 11 nitrogen and oxygen atoms in total. The van der Waals surface area contributed by atoms with Gasteiger partial charge in [0.05, 0.1) is 25.4 Å². The first-order valence-corrected chi connectivity index (χ1v) is 26.9. The maximum Gasteiger partial charge on any atom is 0.249 e. The number of aliphatic hydroxyl groups excluding tert-OH is 7. The molecule has 382 valence electrons. The minimum atomic E-state index is -1.67. The summed E-state index contributed by atoms with van der Waals surface area (Å²) in [5.74, 6) is -0.711. The van der Waals surface area contributed by atoms with Crippen molar-refractivity contribution in [3.8, 4) is 0 Å². The highest BCUT2D eigenvalue weighted by Gasteiger charge is 2.44. The lowest BCUT2D eigenvalue weighted by Gasteiger charge is -2.40. The van der Waals surface area contributed by atoms with Crippen LogP contribution < -0.4 is 5.32 Å². The Morgan fingerprint density at radius 3 is 1.42 bits per heavy atom. The molecule has 9 unspecified atom stereocenters. The molecule has 8 N–H and O–H groups in total. The molecule has 0 radical (unpaired) electrons. The monoisotopic (exact) mass is 924 g/mol. The molecule has 9 atom stereocenters. The van der Waals surface area contributed by atoms with E-state index in [0.29, 0.717) is 12.8 Å². The fraction of sp³-hybridized carbons (Fsp3) is 0.870. The first-order valence-electron chi connectivity index (χ1n) is 26.9. The zero-order chi connectivity index (χ0) is 47.6. The Balaban J connectivity index is 2.35. The van der Waals surface area contributed by atoms with Gasteiger partial charge in [-0.05, 0) is 70.6 Å². The van der Waals surface area contributed by atoms with E-state index in [0.717, 1.165) is 51.4 Å². The van der Waals surface area contributed by atoms with Crippen molar-refractivity contribution in [2.45, 2.75) is 287 Å². The fourth-order valence-corrected chi connectivity index (χ4v) is 8.47. The summed E-state index contributed by atoms with van der Waals surface area (Å²) in [6.07, 6.45) is 40.5. The third kappa shape index (κ3) is 32.7. The van der Waals surface area contributed by atoms with Crippen LogP contribution in [0.25, 0.3) is 0 Å². The predicted octanol–water partition coefficient (Wildman–Crippen LogP) is 10.3. The highest BCUT2D eigenvalue weighted by Crippen LogP contribution is 2.23. The van der Waals surface area contributed by atoms with Gasteiger partial charge in [0.25, 0.3) is 0 Å². The molecule has 1 aliphatic rings. The van der Waals surface area contributed by atoms with Gasteiger partial charge < -0.3 is 50.5 Å². The Kier molecular flexibility index (Phi) is 41.1. The van der Waals surface area contributed by atoms with E-state index in [1.807, 2.05) is 0 Å². The molecule has 1 aliphatic heterocycles. The topological polar surface area (TPSA) is 189 Å². The molecule has 0 saturated carbocycles. The lowest BCUT2D eigenvalue weighted by Crippen LogP contribution is -2.60. The van der Waals surface area contributed by atoms with E-state index < -0.39 is 74.2 Å². The summed E-state index contributed by atoms with van der Waals surface area (Å²) >= 11 is 0. The molecule has 0 bridgehead atoms. The lowest BCUT2D eigenvalue weighted by atomic mass is 9.98. The van der Waals surface area contributed by atoms with Gasteiger partial charge in [-0.2, -0.15) is 0 Å². The molecule has 0 spiro atoms. The SMILES string of the molecule is CCCCCCCCCCC/C=C\C/C=C\CCCCCCCCCCC(O)C(=O)NC(COC1OC(CO)C(O)C(O)C1O)C(O)C(O)CCC/C=C/CCCCCCCCCCC. The number of unbranched alkanes of at least 4 members (excludes halogenated alkanes) is 27. The average Bonchev–Trinajstić information content (AvgIpc) is 3.31. The number of nitrogens with one attached hydrogen (secondary N) is 1. The van der Waals surface area contributed by atoms with Crippen LogP contribution in [0.4, 0.5) is 0 Å². The molecule has 0 aromatic heterocycles. The summed E-state index contributed by atoms with van der Waals surface area (Å²) in [6, 6.07) is -1.19. The molecule has 65 heavy (non-hydrogen) atoms. The van der Waals surface area contributed by atoms with Gasteiger partial charge >= 0.3 is 0 Å². The number of ether oxygens (including phenoxy) is 2. The van der Waals surface area contributed by atoms with Gasteiger partial charge in [0.1, 0.15) is 36.6 Å². The smallest absolute Gasteiger partial charge is 0.249 e. The number of aliphatic hydroxyl groups is 7. The van der Waals surface area contributed by atoms with Crippen molar-refractivity contribution < 1.29 is 50.0 Å². The molecular formula is C54H101NO10. The zero-order valence-electron chi connectivity index (χ0n) is 41.5. The zero-order valence-corrected chi connectivity index (χ0v) is 41.5. The second-order valence-electron chi connectivity index (χ2n) is 18.9. The van der Waals surface area contributed by atoms with Crippen molar-refractivity contribution >= 4 is 5.91 Å². The van der Waals surface area contributed by atoms with Gasteiger partial charge in [-0.1, -0.05) is 198 Å². The predicted molar refractivity (Wildman–Crippen MR) is 265 cm³/mol. The van der Waals surface area contributed by atoms with E-state index in [1.165, 1.54) is 141 Å². The van der Waals surface area contributed by atoms with Crippen molar-refractivity contribution in [1.29, 1.82) is 0 Å². The van der Waals surface area contributed by atoms with Gasteiger partial charge in [0, 0.05) is 0 Å². The Hall–Kier alpha value is -1.67. The summed E-state index contributed by atoms with van der Waals surface area (Å²) < 4.78 is 11.1. The second kappa shape index (κ2) is 43.6. The summed E-state index contributed by atoms with van der Waals surface area (Å²) in [6.45, 7) is 3.43. The van der Waals surface area contributed by atoms with Gasteiger partial charge in [0.15, 0.2) is 6.29 Å². The molecule has 0 aliphatic carbocycles. The van der Waals surface area contributed by atoms with Crippen LogP contribution in [0.1, 0.15) is 232 Å². The van der Waals surface area contributed by atoms with Crippen LogP contribution in [-0.2, 0) is 14.3 Å². The Morgan fingerprint density at radius 2 is 0.954 bits per heavy atom. The number of carbonyl (C=O) groups is 1. The second-order valence-corrected chi connectivity index (χ2v) is 18.9. The normalized spacial score (nSPS) is 21.2. The minimum Gasteiger partial charge on any atom is -0.394 e. The Labute approximate surface area is 397 Å². The summed E-state index contributed by atoms with van der Waals surface area (Å²) in [7, 11) is 0. The first kappa shape index (κ1) is 61.3. The largest absolute Gasteiger partial charge is 0.394 e. The molecule has 0 aromatic carbocycles. The van der Waals surface area contributed by atoms with Crippen molar-refractivity contribution in [1.82, 2.24) is 5.32 Å². The van der Waals surface area contributed by atoms with Crippen LogP contribution in [0.3, 0.4) is 0 Å². The van der Waals surface area contributed by atoms with Gasteiger partial charge in [0.2, 0.25) is 5.91 Å². The molecule has 1 saturated heterocycles. The summed E-state index contributed by atoms with van der Waals surface area (Å²) in [5.41, 5.74) is 0. The number of amides is 1. The number of rotatable bonds is 45. The Morgan fingerprint density at radius 1 is 0.538 bits per heavy atom. The van der Waals surface area contributed by atoms with Gasteiger partial charge in [-0.3, -0.25) is 4.79 Å². The van der Waals surface area contributed by atoms with E-state index >= 15 is 0 Å². The van der Waals surface area contributed by atoms with Crippen molar-refractivity contribution in [3.05, 3.63) is 36.5 Å². The maximum atomic E-state index is 13.1. The highest BCUT2D eigenvalue weighted by atomic mass is 16.7. The fourth-order valence-electron chi connectivity index (χ4n) is 8.47. The van der Waals surface area contributed by atoms with Gasteiger partial charge in [-0.25, -0.2) is 0 Å². The molecule has 1 rings (SSSR count). The third-order valence-electron chi connectivity index (χ3n) is 12.9. The number of allylic oxidation sites excluding steroid dienone is 6. The first-order chi connectivity index (χ1) is 31.7. The van der Waals surface area contributed by atoms with Crippen molar-refractivity contribution in [2.24, 2.45) is 0 Å². The van der Waals surface area contributed by atoms with Gasteiger partial charge in [-0.15, -0.1) is 0 Å². The Bertz CT molecular complexity index is 1150. The number of hydrogen-bond acceptors (Lipinski definition) is 10.